The minimum Gasteiger partial charge on any atom is -0.480 e. The van der Waals surface area contributed by atoms with Gasteiger partial charge >= 0.3 is 11.9 Å². The van der Waals surface area contributed by atoms with Gasteiger partial charge in [0, 0.05) is 30.7 Å². The van der Waals surface area contributed by atoms with Crippen molar-refractivity contribution in [1.82, 2.24) is 19.9 Å². The van der Waals surface area contributed by atoms with Gasteiger partial charge in [-0.1, -0.05) is 24.6 Å². The Labute approximate surface area is 305 Å². The zero-order valence-corrected chi connectivity index (χ0v) is 30.0. The summed E-state index contributed by atoms with van der Waals surface area (Å²) in [5.74, 6) is -0.388. The number of aromatic nitrogens is 3. The standard InChI is InChI=1S/C37H54N6O9/c44-34(45)27-52-26-25-51-24-23-50-22-21-49-20-19-48-18-17-43(15-5-1-2-8-30-12-11-29-7-6-14-38-35(29)41-30)16-13-33(37(46)47)42-36-31-9-3-4-10-32(31)39-28-40-36/h3-4,9-12,28,33H,1-2,5-8,13-27H2,(H,38,41)(H,44,45)(H,46,47)(H,39,40,42). The molecular weight excluding hydrogens is 672 g/mol. The lowest BCUT2D eigenvalue weighted by Gasteiger charge is -2.25. The van der Waals surface area contributed by atoms with Crippen molar-refractivity contribution in [3.8, 4) is 0 Å². The highest BCUT2D eigenvalue weighted by molar-refractivity contribution is 5.90. The summed E-state index contributed by atoms with van der Waals surface area (Å²) in [6, 6.07) is 11.1. The van der Waals surface area contributed by atoms with Crippen LogP contribution in [0.15, 0.2) is 42.7 Å². The van der Waals surface area contributed by atoms with Crippen molar-refractivity contribution >= 4 is 34.5 Å². The van der Waals surface area contributed by atoms with Crippen LogP contribution < -0.4 is 10.6 Å². The molecule has 0 saturated carbocycles. The highest BCUT2D eigenvalue weighted by Crippen LogP contribution is 2.21. The number of carboxylic acid groups (broad SMARTS) is 2. The molecule has 0 amide bonds. The fourth-order valence-corrected chi connectivity index (χ4v) is 5.75. The average molecular weight is 727 g/mol. The quantitative estimate of drug-likeness (QED) is 0.0761. The summed E-state index contributed by atoms with van der Waals surface area (Å²) in [4.78, 5) is 38.4. The molecule has 1 aliphatic heterocycles. The monoisotopic (exact) mass is 726 g/mol. The predicted molar refractivity (Wildman–Crippen MR) is 196 cm³/mol. The molecule has 3 aromatic rings. The molecule has 1 unspecified atom stereocenters. The van der Waals surface area contributed by atoms with E-state index in [0.29, 0.717) is 78.2 Å². The molecule has 0 spiro atoms. The van der Waals surface area contributed by atoms with Crippen molar-refractivity contribution in [3.63, 3.8) is 0 Å². The molecule has 15 heteroatoms. The summed E-state index contributed by atoms with van der Waals surface area (Å²) in [7, 11) is 0. The highest BCUT2D eigenvalue weighted by atomic mass is 16.6. The van der Waals surface area contributed by atoms with E-state index in [2.05, 4.69) is 37.6 Å². The number of hydrogen-bond donors (Lipinski definition) is 4. The van der Waals surface area contributed by atoms with Crippen LogP contribution in [0.2, 0.25) is 0 Å². The molecule has 0 fully saturated rings. The first-order valence-electron chi connectivity index (χ1n) is 18.2. The van der Waals surface area contributed by atoms with Gasteiger partial charge in [-0.15, -0.1) is 0 Å². The van der Waals surface area contributed by atoms with Crippen molar-refractivity contribution in [2.45, 2.75) is 51.0 Å². The summed E-state index contributed by atoms with van der Waals surface area (Å²) < 4.78 is 27.1. The largest absolute Gasteiger partial charge is 0.480 e. The first-order valence-corrected chi connectivity index (χ1v) is 18.2. The van der Waals surface area contributed by atoms with E-state index in [-0.39, 0.29) is 13.2 Å². The van der Waals surface area contributed by atoms with Crippen molar-refractivity contribution < 1.29 is 43.5 Å². The van der Waals surface area contributed by atoms with Gasteiger partial charge in [-0.05, 0) is 68.8 Å². The lowest BCUT2D eigenvalue weighted by atomic mass is 10.1. The predicted octanol–water partition coefficient (Wildman–Crippen LogP) is 3.52. The van der Waals surface area contributed by atoms with E-state index in [1.807, 2.05) is 24.3 Å². The number of aryl methyl sites for hydroxylation is 2. The summed E-state index contributed by atoms with van der Waals surface area (Å²) in [6.45, 7) is 6.30. The number of carbonyl (C=O) groups is 2. The molecule has 0 radical (unpaired) electrons. The van der Waals surface area contributed by atoms with E-state index in [1.165, 1.54) is 11.9 Å². The maximum Gasteiger partial charge on any atom is 0.329 e. The van der Waals surface area contributed by atoms with Gasteiger partial charge < -0.3 is 49.4 Å². The Kier molecular flexibility index (Phi) is 19.0. The maximum absolute atomic E-state index is 12.3. The lowest BCUT2D eigenvalue weighted by Crippen LogP contribution is -2.37. The molecule has 1 atom stereocenters. The third-order valence-electron chi connectivity index (χ3n) is 8.51. The number of benzene rings is 1. The van der Waals surface area contributed by atoms with Crippen LogP contribution >= 0.6 is 0 Å². The van der Waals surface area contributed by atoms with Crippen LogP contribution in [0, 0.1) is 0 Å². The molecule has 0 aliphatic carbocycles. The van der Waals surface area contributed by atoms with Crippen molar-refractivity contribution in [1.29, 1.82) is 0 Å². The van der Waals surface area contributed by atoms with E-state index >= 15 is 0 Å². The van der Waals surface area contributed by atoms with Crippen LogP contribution in [0.5, 0.6) is 0 Å². The van der Waals surface area contributed by atoms with E-state index in [9.17, 15) is 14.7 Å². The van der Waals surface area contributed by atoms with E-state index in [4.69, 9.17) is 33.8 Å². The molecule has 3 heterocycles. The minimum absolute atomic E-state index is 0.223. The van der Waals surface area contributed by atoms with Gasteiger partial charge in [-0.25, -0.2) is 24.5 Å². The number of pyridine rings is 1. The first-order chi connectivity index (χ1) is 25.5. The molecule has 15 nitrogen and oxygen atoms in total. The normalized spacial score (nSPS) is 13.2. The Morgan fingerprint density at radius 3 is 2.25 bits per heavy atom. The SMILES string of the molecule is O=C(O)COCCOCCOCCOCCOCCN(CCCCCc1ccc2c(n1)NCCC2)CCC(Nc1ncnc2ccccc12)C(=O)O. The Morgan fingerprint density at radius 1 is 0.808 bits per heavy atom. The van der Waals surface area contributed by atoms with Crippen LogP contribution in [-0.4, -0.2) is 140 Å². The number of anilines is 2. The molecule has 2 aromatic heterocycles. The minimum atomic E-state index is -1.01. The van der Waals surface area contributed by atoms with Gasteiger partial charge in [0.05, 0.1) is 65.0 Å². The number of ether oxygens (including phenoxy) is 5. The Hall–Kier alpha value is -3.99. The first kappa shape index (κ1) is 40.8. The van der Waals surface area contributed by atoms with Crippen LogP contribution in [0.25, 0.3) is 10.9 Å². The smallest absolute Gasteiger partial charge is 0.329 e. The number of nitrogens with one attached hydrogen (secondary N) is 2. The van der Waals surface area contributed by atoms with Crippen LogP contribution in [0.1, 0.15) is 43.4 Å². The van der Waals surface area contributed by atoms with Crippen LogP contribution in [0.4, 0.5) is 11.6 Å². The lowest BCUT2D eigenvalue weighted by molar-refractivity contribution is -0.143. The van der Waals surface area contributed by atoms with Crippen molar-refractivity contribution in [2.75, 3.05) is 103 Å². The van der Waals surface area contributed by atoms with E-state index in [1.54, 1.807) is 0 Å². The van der Waals surface area contributed by atoms with E-state index in [0.717, 1.165) is 74.0 Å². The molecule has 52 heavy (non-hydrogen) atoms. The van der Waals surface area contributed by atoms with Crippen LogP contribution in [-0.2, 0) is 46.1 Å². The number of hydrogen-bond acceptors (Lipinski definition) is 13. The molecule has 4 N–H and O–H groups in total. The zero-order chi connectivity index (χ0) is 36.6. The summed E-state index contributed by atoms with van der Waals surface area (Å²) in [5.41, 5.74) is 3.17. The molecule has 0 saturated heterocycles. The molecule has 4 rings (SSSR count). The average Bonchev–Trinajstić information content (AvgIpc) is 3.15. The van der Waals surface area contributed by atoms with Crippen molar-refractivity contribution in [3.05, 3.63) is 54.0 Å². The van der Waals surface area contributed by atoms with Gasteiger partial charge in [0.1, 0.15) is 30.6 Å². The topological polar surface area (TPSA) is 187 Å². The molecule has 286 valence electrons. The number of nitrogens with zero attached hydrogens (tertiary/aromatic N) is 4. The van der Waals surface area contributed by atoms with Crippen LogP contribution in [0.3, 0.4) is 0 Å². The number of carboxylic acids is 2. The number of para-hydroxylation sites is 1. The fraction of sp³-hybridized carbons (Fsp3) is 0.595. The Morgan fingerprint density at radius 2 is 1.52 bits per heavy atom. The summed E-state index contributed by atoms with van der Waals surface area (Å²) >= 11 is 0. The number of rotatable bonds is 29. The number of aliphatic carboxylic acids is 2. The Balaban J connectivity index is 1.14. The third-order valence-corrected chi connectivity index (χ3v) is 8.51. The summed E-state index contributed by atoms with van der Waals surface area (Å²) in [5, 5.41) is 25.9. The number of fused-ring (bicyclic) bond motifs is 2. The van der Waals surface area contributed by atoms with Gasteiger partial charge in [-0.2, -0.15) is 0 Å². The molecule has 0 bridgehead atoms. The van der Waals surface area contributed by atoms with Gasteiger partial charge in [0.25, 0.3) is 0 Å². The maximum atomic E-state index is 12.3. The Bertz CT molecular complexity index is 1480. The molecular formula is C37H54N6O9. The molecule has 1 aromatic carbocycles. The van der Waals surface area contributed by atoms with E-state index < -0.39 is 18.0 Å². The second kappa shape index (κ2) is 24.3. The van der Waals surface area contributed by atoms with Gasteiger partial charge in [-0.3, -0.25) is 0 Å². The zero-order valence-electron chi connectivity index (χ0n) is 30.0. The van der Waals surface area contributed by atoms with Gasteiger partial charge in [0.2, 0.25) is 0 Å². The fourth-order valence-electron chi connectivity index (χ4n) is 5.75. The van der Waals surface area contributed by atoms with Crippen molar-refractivity contribution in [2.24, 2.45) is 0 Å². The highest BCUT2D eigenvalue weighted by Gasteiger charge is 2.20. The number of unbranched alkanes of at least 4 members (excludes halogenated alkanes) is 2. The second-order valence-corrected chi connectivity index (χ2v) is 12.5. The molecule has 1 aliphatic rings. The second-order valence-electron chi connectivity index (χ2n) is 12.5. The van der Waals surface area contributed by atoms with Gasteiger partial charge in [0.15, 0.2) is 0 Å². The third kappa shape index (κ3) is 15.7. The summed E-state index contributed by atoms with van der Waals surface area (Å²) in [6.07, 6.45) is 8.07.